The maximum atomic E-state index is 12.7. The predicted molar refractivity (Wildman–Crippen MR) is 144 cm³/mol. The van der Waals surface area contributed by atoms with Gasteiger partial charge >= 0.3 is 0 Å². The fourth-order valence-corrected chi connectivity index (χ4v) is 6.82. The van der Waals surface area contributed by atoms with E-state index >= 15 is 0 Å². The van der Waals surface area contributed by atoms with Gasteiger partial charge in [-0.3, -0.25) is 4.79 Å². The molecule has 2 aliphatic rings. The molecule has 5 rings (SSSR count). The normalized spacial score (nSPS) is 21.0. The van der Waals surface area contributed by atoms with Crippen LogP contribution in [-0.2, 0) is 14.8 Å². The summed E-state index contributed by atoms with van der Waals surface area (Å²) < 4.78 is 32.9. The molecule has 2 aliphatic heterocycles. The second-order valence-corrected chi connectivity index (χ2v) is 12.5. The van der Waals surface area contributed by atoms with Gasteiger partial charge in [-0.05, 0) is 38.0 Å². The largest absolute Gasteiger partial charge is 0.376 e. The van der Waals surface area contributed by atoms with Gasteiger partial charge in [0.2, 0.25) is 0 Å². The Morgan fingerprint density at radius 2 is 1.89 bits per heavy atom. The fourth-order valence-electron chi connectivity index (χ4n) is 4.78. The number of nitrogens with two attached hydrogens (primary N) is 1. The van der Waals surface area contributed by atoms with Crippen LogP contribution in [0.25, 0.3) is 0 Å². The summed E-state index contributed by atoms with van der Waals surface area (Å²) in [6, 6.07) is 9.26. The minimum absolute atomic E-state index is 0.0230. The van der Waals surface area contributed by atoms with Gasteiger partial charge < -0.3 is 15.4 Å². The minimum atomic E-state index is -4.07. The second kappa shape index (κ2) is 10.8. The van der Waals surface area contributed by atoms with Gasteiger partial charge in [-0.15, -0.1) is 0 Å². The van der Waals surface area contributed by atoms with Gasteiger partial charge in [0.25, 0.3) is 15.9 Å². The average Bonchev–Trinajstić information content (AvgIpc) is 3.19. The molecule has 2 atom stereocenters. The number of ether oxygens (including phenoxy) is 1. The number of hydrogen-bond acceptors (Lipinski definition) is 10. The first-order valence-corrected chi connectivity index (χ1v) is 14.7. The lowest BCUT2D eigenvalue weighted by molar-refractivity contribution is 0.0972. The number of sulfonamides is 1. The number of aromatic nitrogens is 3. The van der Waals surface area contributed by atoms with E-state index in [2.05, 4.69) is 19.9 Å². The highest BCUT2D eigenvalue weighted by Crippen LogP contribution is 2.42. The number of hydrogen-bond donors (Lipinski definition) is 2. The van der Waals surface area contributed by atoms with Gasteiger partial charge in [-0.1, -0.05) is 41.6 Å². The molecule has 200 valence electrons. The number of nitrogens with zero attached hydrogens (tertiary/aromatic N) is 4. The molecule has 3 N–H and O–H groups in total. The van der Waals surface area contributed by atoms with Crippen LogP contribution in [0.4, 0.5) is 5.82 Å². The number of carbonyl (C=O) groups excluding carboxylic acids is 1. The van der Waals surface area contributed by atoms with Crippen molar-refractivity contribution in [3.63, 3.8) is 0 Å². The number of benzene rings is 1. The quantitative estimate of drug-likeness (QED) is 0.451. The van der Waals surface area contributed by atoms with E-state index in [-0.39, 0.29) is 33.2 Å². The van der Waals surface area contributed by atoms with Gasteiger partial charge in [0.1, 0.15) is 16.5 Å². The Labute approximate surface area is 230 Å². The van der Waals surface area contributed by atoms with Crippen molar-refractivity contribution in [2.24, 2.45) is 11.1 Å². The van der Waals surface area contributed by atoms with E-state index in [1.54, 1.807) is 36.7 Å². The van der Waals surface area contributed by atoms with Crippen molar-refractivity contribution in [2.45, 2.75) is 46.7 Å². The number of amides is 1. The highest BCUT2D eigenvalue weighted by Gasteiger charge is 2.47. The molecule has 0 unspecified atom stereocenters. The average molecular weight is 575 g/mol. The Morgan fingerprint density at radius 3 is 2.53 bits per heavy atom. The van der Waals surface area contributed by atoms with E-state index in [1.807, 2.05) is 11.6 Å². The van der Waals surface area contributed by atoms with Crippen LogP contribution in [-0.4, -0.2) is 61.1 Å². The first kappa shape index (κ1) is 26.8. The molecular weight excluding hydrogens is 548 g/mol. The molecule has 0 bridgehead atoms. The van der Waals surface area contributed by atoms with Gasteiger partial charge in [-0.2, -0.15) is 0 Å². The lowest BCUT2D eigenvalue weighted by atomic mass is 9.73. The molecule has 4 heterocycles. The van der Waals surface area contributed by atoms with E-state index in [1.165, 1.54) is 30.1 Å². The molecule has 0 saturated carbocycles. The third kappa shape index (κ3) is 5.36. The number of anilines is 1. The number of rotatable bonds is 6. The number of carbonyl (C=O) groups is 1. The molecule has 0 radical (unpaired) electrons. The molecule has 2 aromatic heterocycles. The summed E-state index contributed by atoms with van der Waals surface area (Å²) in [6.07, 6.45) is 6.71. The Hall–Kier alpha value is -2.77. The highest BCUT2D eigenvalue weighted by molar-refractivity contribution is 7.99. The van der Waals surface area contributed by atoms with Crippen LogP contribution in [0.2, 0.25) is 5.02 Å². The lowest BCUT2D eigenvalue weighted by Crippen LogP contribution is -2.50. The molecule has 13 heteroatoms. The van der Waals surface area contributed by atoms with E-state index in [9.17, 15) is 13.2 Å². The second-order valence-electron chi connectivity index (χ2n) is 9.43. The molecule has 2 saturated heterocycles. The zero-order chi connectivity index (χ0) is 26.9. The highest BCUT2D eigenvalue weighted by atomic mass is 35.5. The smallest absolute Gasteiger partial charge is 0.285 e. The van der Waals surface area contributed by atoms with E-state index in [0.717, 1.165) is 31.7 Å². The standard InChI is InChI=1S/C25H27ClN6O4S2/c1-16-23(27)25(15-36-16)8-11-32(12-9-25)19-13-30-20(14-29-19)37-18-7-10-28-22(21(18)26)24(33)31-38(34,35)17-5-3-2-4-6-17/h2-7,10,13-14,16,23H,8-9,11-12,15,27H2,1H3,(H,31,33)/t16-,23+/m0/s1. The van der Waals surface area contributed by atoms with Crippen LogP contribution in [0.5, 0.6) is 0 Å². The topological polar surface area (TPSA) is 140 Å². The van der Waals surface area contributed by atoms with Crippen LogP contribution in [0.3, 0.4) is 0 Å². The van der Waals surface area contributed by atoms with Crippen LogP contribution in [0.1, 0.15) is 30.3 Å². The number of halogens is 1. The van der Waals surface area contributed by atoms with Gasteiger partial charge in [0, 0.05) is 35.6 Å². The number of piperidine rings is 1. The minimum Gasteiger partial charge on any atom is -0.376 e. The number of pyridine rings is 1. The monoisotopic (exact) mass is 574 g/mol. The summed E-state index contributed by atoms with van der Waals surface area (Å²) in [5.74, 6) is -0.149. The van der Waals surface area contributed by atoms with Crippen molar-refractivity contribution < 1.29 is 17.9 Å². The fraction of sp³-hybridized carbons (Fsp3) is 0.360. The van der Waals surface area contributed by atoms with Crippen molar-refractivity contribution in [1.29, 1.82) is 0 Å². The van der Waals surface area contributed by atoms with Crippen molar-refractivity contribution in [3.05, 3.63) is 65.7 Å². The molecule has 10 nitrogen and oxygen atoms in total. The third-order valence-corrected chi connectivity index (χ3v) is 9.93. The third-order valence-electron chi connectivity index (χ3n) is 7.11. The summed E-state index contributed by atoms with van der Waals surface area (Å²) >= 11 is 7.65. The summed E-state index contributed by atoms with van der Waals surface area (Å²) in [5.41, 5.74) is 6.25. The molecule has 1 aromatic carbocycles. The molecule has 1 amide bonds. The maximum Gasteiger partial charge on any atom is 0.285 e. The van der Waals surface area contributed by atoms with Crippen molar-refractivity contribution in [1.82, 2.24) is 19.7 Å². The van der Waals surface area contributed by atoms with Crippen LogP contribution < -0.4 is 15.4 Å². The van der Waals surface area contributed by atoms with Crippen LogP contribution in [0, 0.1) is 5.41 Å². The van der Waals surface area contributed by atoms with Crippen LogP contribution >= 0.6 is 23.4 Å². The number of nitrogens with one attached hydrogen (secondary N) is 1. The van der Waals surface area contributed by atoms with E-state index < -0.39 is 15.9 Å². The van der Waals surface area contributed by atoms with Gasteiger partial charge in [-0.25, -0.2) is 28.1 Å². The summed E-state index contributed by atoms with van der Waals surface area (Å²) in [5, 5.41) is 0.591. The van der Waals surface area contributed by atoms with E-state index in [0.29, 0.717) is 16.5 Å². The summed E-state index contributed by atoms with van der Waals surface area (Å²) in [4.78, 5) is 28.4. The zero-order valence-corrected chi connectivity index (χ0v) is 23.0. The van der Waals surface area contributed by atoms with E-state index in [4.69, 9.17) is 22.1 Å². The maximum absolute atomic E-state index is 12.7. The molecule has 38 heavy (non-hydrogen) atoms. The molecule has 1 spiro atoms. The first-order chi connectivity index (χ1) is 18.2. The molecule has 2 fully saturated rings. The van der Waals surface area contributed by atoms with Gasteiger partial charge in [0.15, 0.2) is 0 Å². The zero-order valence-electron chi connectivity index (χ0n) is 20.6. The first-order valence-electron chi connectivity index (χ1n) is 12.1. The van der Waals surface area contributed by atoms with Gasteiger partial charge in [0.05, 0.1) is 35.0 Å². The van der Waals surface area contributed by atoms with Crippen molar-refractivity contribution in [2.75, 3.05) is 24.6 Å². The molecular formula is C25H27ClN6O4S2. The Morgan fingerprint density at radius 1 is 1.16 bits per heavy atom. The Bertz CT molecular complexity index is 1420. The SMILES string of the molecule is C[C@@H]1OCC2(CCN(c3cnc(Sc4ccnc(C(=O)NS(=O)(=O)c5ccccc5)c4Cl)cn3)CC2)[C@@H]1N. The van der Waals surface area contributed by atoms with Crippen LogP contribution in [0.15, 0.2) is 69.8 Å². The summed E-state index contributed by atoms with van der Waals surface area (Å²) in [7, 11) is -4.07. The Kier molecular flexibility index (Phi) is 7.60. The predicted octanol–water partition coefficient (Wildman–Crippen LogP) is 3.13. The molecule has 3 aromatic rings. The lowest BCUT2D eigenvalue weighted by Gasteiger charge is -2.41. The molecule has 0 aliphatic carbocycles. The summed E-state index contributed by atoms with van der Waals surface area (Å²) in [6.45, 7) is 4.39. The Balaban J connectivity index is 1.24. The van der Waals surface area contributed by atoms with Crippen molar-refractivity contribution in [3.8, 4) is 0 Å². The van der Waals surface area contributed by atoms with Crippen molar-refractivity contribution >= 4 is 45.1 Å².